The quantitative estimate of drug-likeness (QED) is 0.475. The van der Waals surface area contributed by atoms with Crippen LogP contribution in [0.3, 0.4) is 0 Å². The molecule has 1 heterocycles. The average molecular weight is 294 g/mol. The molecule has 0 unspecified atom stereocenters. The van der Waals surface area contributed by atoms with E-state index < -0.39 is 0 Å². The van der Waals surface area contributed by atoms with Crippen LogP contribution in [0.15, 0.2) is 41.6 Å². The van der Waals surface area contributed by atoms with Crippen molar-refractivity contribution in [3.63, 3.8) is 0 Å². The Bertz CT molecular complexity index is 533. The van der Waals surface area contributed by atoms with Gasteiger partial charge in [0.1, 0.15) is 11.0 Å². The van der Waals surface area contributed by atoms with Crippen molar-refractivity contribution in [3.05, 3.63) is 47.1 Å². The normalized spacial score (nSPS) is 10.5. The minimum atomic E-state index is 0.487. The Morgan fingerprint density at radius 1 is 1.21 bits per heavy atom. The largest absolute Gasteiger partial charge is 0.352 e. The van der Waals surface area contributed by atoms with Crippen molar-refractivity contribution in [1.82, 2.24) is 9.97 Å². The van der Waals surface area contributed by atoms with Crippen LogP contribution < -0.4 is 4.90 Å². The van der Waals surface area contributed by atoms with E-state index in [1.54, 1.807) is 0 Å². The summed E-state index contributed by atoms with van der Waals surface area (Å²) in [4.78, 5) is 10.9. The molecule has 0 radical (unpaired) electrons. The standard InChI is InChI=1S/C14H16ClN3S/c1-3-18(10-11-7-5-4-6-8-11)13-9-12(15)16-14(17-13)19-2/h4-9H,3,10H2,1-2H3. The van der Waals surface area contributed by atoms with Gasteiger partial charge in [0.05, 0.1) is 0 Å². The molecule has 2 rings (SSSR count). The summed E-state index contributed by atoms with van der Waals surface area (Å²) in [5.74, 6) is 0.871. The highest BCUT2D eigenvalue weighted by atomic mass is 35.5. The first-order valence-electron chi connectivity index (χ1n) is 6.10. The third-order valence-corrected chi connectivity index (χ3v) is 3.51. The molecule has 2 aromatic rings. The molecule has 3 nitrogen and oxygen atoms in total. The maximum Gasteiger partial charge on any atom is 0.190 e. The minimum Gasteiger partial charge on any atom is -0.352 e. The topological polar surface area (TPSA) is 29.0 Å². The molecule has 0 atom stereocenters. The maximum atomic E-state index is 6.04. The highest BCUT2D eigenvalue weighted by Gasteiger charge is 2.10. The average Bonchev–Trinajstić information content (AvgIpc) is 2.45. The lowest BCUT2D eigenvalue weighted by Crippen LogP contribution is -2.23. The summed E-state index contributed by atoms with van der Waals surface area (Å²) in [5, 5.41) is 1.19. The van der Waals surface area contributed by atoms with E-state index in [0.29, 0.717) is 10.3 Å². The van der Waals surface area contributed by atoms with E-state index in [0.717, 1.165) is 18.9 Å². The van der Waals surface area contributed by atoms with Gasteiger partial charge in [-0.15, -0.1) is 0 Å². The van der Waals surface area contributed by atoms with Crippen LogP contribution >= 0.6 is 23.4 Å². The van der Waals surface area contributed by atoms with E-state index in [1.807, 2.05) is 30.5 Å². The summed E-state index contributed by atoms with van der Waals surface area (Å²) < 4.78 is 0. The van der Waals surface area contributed by atoms with Crippen molar-refractivity contribution in [2.24, 2.45) is 0 Å². The van der Waals surface area contributed by atoms with Crippen LogP contribution in [-0.4, -0.2) is 22.8 Å². The zero-order valence-electron chi connectivity index (χ0n) is 11.0. The van der Waals surface area contributed by atoms with Gasteiger partial charge in [0, 0.05) is 19.2 Å². The van der Waals surface area contributed by atoms with E-state index in [2.05, 4.69) is 33.9 Å². The Hall–Kier alpha value is -1.26. The maximum absolute atomic E-state index is 6.04. The summed E-state index contributed by atoms with van der Waals surface area (Å²) in [6.07, 6.45) is 1.95. The van der Waals surface area contributed by atoms with Gasteiger partial charge >= 0.3 is 0 Å². The van der Waals surface area contributed by atoms with E-state index in [4.69, 9.17) is 11.6 Å². The third kappa shape index (κ3) is 3.85. The van der Waals surface area contributed by atoms with Crippen molar-refractivity contribution < 1.29 is 0 Å². The second-order valence-electron chi connectivity index (χ2n) is 4.04. The highest BCUT2D eigenvalue weighted by molar-refractivity contribution is 7.98. The molecule has 5 heteroatoms. The predicted molar refractivity (Wildman–Crippen MR) is 82.0 cm³/mol. The van der Waals surface area contributed by atoms with Crippen molar-refractivity contribution in [1.29, 1.82) is 0 Å². The van der Waals surface area contributed by atoms with E-state index >= 15 is 0 Å². The van der Waals surface area contributed by atoms with Crippen molar-refractivity contribution in [2.45, 2.75) is 18.6 Å². The van der Waals surface area contributed by atoms with Crippen LogP contribution in [0.1, 0.15) is 12.5 Å². The van der Waals surface area contributed by atoms with Gasteiger partial charge in [-0.1, -0.05) is 53.7 Å². The fraction of sp³-hybridized carbons (Fsp3) is 0.286. The van der Waals surface area contributed by atoms with Crippen LogP contribution in [0.2, 0.25) is 5.15 Å². The molecular weight excluding hydrogens is 278 g/mol. The van der Waals surface area contributed by atoms with E-state index in [1.165, 1.54) is 17.3 Å². The number of hydrogen-bond donors (Lipinski definition) is 0. The molecule has 100 valence electrons. The van der Waals surface area contributed by atoms with Crippen molar-refractivity contribution in [3.8, 4) is 0 Å². The van der Waals surface area contributed by atoms with Crippen molar-refractivity contribution >= 4 is 29.2 Å². The zero-order valence-corrected chi connectivity index (χ0v) is 12.6. The third-order valence-electron chi connectivity index (χ3n) is 2.77. The van der Waals surface area contributed by atoms with Crippen LogP contribution in [-0.2, 0) is 6.54 Å². The molecule has 0 spiro atoms. The number of thioether (sulfide) groups is 1. The smallest absolute Gasteiger partial charge is 0.190 e. The van der Waals surface area contributed by atoms with E-state index in [-0.39, 0.29) is 0 Å². The number of hydrogen-bond acceptors (Lipinski definition) is 4. The lowest BCUT2D eigenvalue weighted by Gasteiger charge is -2.22. The van der Waals surface area contributed by atoms with Gasteiger partial charge in [-0.2, -0.15) is 0 Å². The summed E-state index contributed by atoms with van der Waals surface area (Å²) in [7, 11) is 0. The first-order valence-corrected chi connectivity index (χ1v) is 7.70. The number of aromatic nitrogens is 2. The molecule has 0 aliphatic heterocycles. The minimum absolute atomic E-state index is 0.487. The monoisotopic (exact) mass is 293 g/mol. The Morgan fingerprint density at radius 3 is 2.58 bits per heavy atom. The molecule has 0 saturated carbocycles. The van der Waals surface area contributed by atoms with Gasteiger partial charge in [0.15, 0.2) is 5.16 Å². The molecule has 19 heavy (non-hydrogen) atoms. The molecule has 0 aliphatic carbocycles. The lowest BCUT2D eigenvalue weighted by atomic mass is 10.2. The Labute approximate surface area is 123 Å². The highest BCUT2D eigenvalue weighted by Crippen LogP contribution is 2.21. The van der Waals surface area contributed by atoms with Crippen LogP contribution in [0.4, 0.5) is 5.82 Å². The number of halogens is 1. The van der Waals surface area contributed by atoms with Gasteiger partial charge in [0.2, 0.25) is 0 Å². The molecule has 1 aromatic heterocycles. The Kier molecular flexibility index (Phi) is 5.05. The Morgan fingerprint density at radius 2 is 1.95 bits per heavy atom. The van der Waals surface area contributed by atoms with Crippen LogP contribution in [0, 0.1) is 0 Å². The van der Waals surface area contributed by atoms with E-state index in [9.17, 15) is 0 Å². The molecule has 0 saturated heterocycles. The molecule has 1 aromatic carbocycles. The van der Waals surface area contributed by atoms with Gasteiger partial charge < -0.3 is 4.90 Å². The van der Waals surface area contributed by atoms with Gasteiger partial charge in [-0.05, 0) is 18.7 Å². The number of rotatable bonds is 5. The summed E-state index contributed by atoms with van der Waals surface area (Å²) >= 11 is 7.54. The van der Waals surface area contributed by atoms with Gasteiger partial charge in [-0.3, -0.25) is 0 Å². The van der Waals surface area contributed by atoms with Crippen LogP contribution in [0.5, 0.6) is 0 Å². The van der Waals surface area contributed by atoms with Gasteiger partial charge in [0.25, 0.3) is 0 Å². The number of benzene rings is 1. The Balaban J connectivity index is 2.24. The molecule has 0 bridgehead atoms. The first kappa shape index (κ1) is 14.2. The fourth-order valence-corrected chi connectivity index (χ4v) is 2.40. The molecule has 0 aliphatic rings. The van der Waals surface area contributed by atoms with Crippen molar-refractivity contribution in [2.75, 3.05) is 17.7 Å². The fourth-order valence-electron chi connectivity index (χ4n) is 1.80. The lowest BCUT2D eigenvalue weighted by molar-refractivity contribution is 0.793. The number of nitrogens with zero attached hydrogens (tertiary/aromatic N) is 3. The second-order valence-corrected chi connectivity index (χ2v) is 5.20. The zero-order chi connectivity index (χ0) is 13.7. The molecule has 0 fully saturated rings. The molecule has 0 amide bonds. The second kappa shape index (κ2) is 6.78. The first-order chi connectivity index (χ1) is 9.22. The van der Waals surface area contributed by atoms with Crippen LogP contribution in [0.25, 0.3) is 0 Å². The van der Waals surface area contributed by atoms with Gasteiger partial charge in [-0.25, -0.2) is 9.97 Å². The summed E-state index contributed by atoms with van der Waals surface area (Å²) in [5.41, 5.74) is 1.25. The SMILES string of the molecule is CCN(Cc1ccccc1)c1cc(Cl)nc(SC)n1. The molecular formula is C14H16ClN3S. The summed E-state index contributed by atoms with van der Waals surface area (Å²) in [6.45, 7) is 3.80. The number of anilines is 1. The molecule has 0 N–H and O–H groups in total. The summed E-state index contributed by atoms with van der Waals surface area (Å²) in [6, 6.07) is 12.1. The predicted octanol–water partition coefficient (Wildman–Crippen LogP) is 3.88.